The topological polar surface area (TPSA) is 70.2 Å². The molecular weight excluding hydrogens is 249 g/mol. The van der Waals surface area contributed by atoms with E-state index in [1.165, 1.54) is 0 Å². The molecular formula is C11H7ClFNO3. The van der Waals surface area contributed by atoms with E-state index >= 15 is 0 Å². The fraction of sp³-hybridized carbons (Fsp3) is 0.0909. The van der Waals surface area contributed by atoms with Gasteiger partial charge in [-0.3, -0.25) is 4.79 Å². The summed E-state index contributed by atoms with van der Waals surface area (Å²) in [5.41, 5.74) is -0.453. The lowest BCUT2D eigenvalue weighted by molar-refractivity contribution is 0.0695. The highest BCUT2D eigenvalue weighted by Crippen LogP contribution is 2.25. The first kappa shape index (κ1) is 11.6. The van der Waals surface area contributed by atoms with Crippen LogP contribution in [0.3, 0.4) is 0 Å². The van der Waals surface area contributed by atoms with Crippen LogP contribution in [0.1, 0.15) is 15.9 Å². The van der Waals surface area contributed by atoms with Crippen LogP contribution >= 0.6 is 11.6 Å². The Morgan fingerprint density at radius 3 is 2.76 bits per heavy atom. The number of nitrogens with one attached hydrogen (secondary N) is 1. The third-order valence-electron chi connectivity index (χ3n) is 2.53. The second-order valence-corrected chi connectivity index (χ2v) is 3.93. The Kier molecular flexibility index (Phi) is 2.63. The number of aromatic amines is 1. The Morgan fingerprint density at radius 1 is 1.53 bits per heavy atom. The van der Waals surface area contributed by atoms with Crippen LogP contribution in [0.2, 0.25) is 5.02 Å². The average molecular weight is 256 g/mol. The predicted octanol–water partition coefficient (Wildman–Crippen LogP) is 2.33. The first-order valence-corrected chi connectivity index (χ1v) is 5.04. The maximum atomic E-state index is 13.4. The molecule has 4 nitrogen and oxygen atoms in total. The van der Waals surface area contributed by atoms with E-state index < -0.39 is 22.8 Å². The van der Waals surface area contributed by atoms with E-state index in [9.17, 15) is 14.0 Å². The molecule has 0 aliphatic carbocycles. The minimum Gasteiger partial charge on any atom is -0.477 e. The van der Waals surface area contributed by atoms with Gasteiger partial charge >= 0.3 is 5.97 Å². The van der Waals surface area contributed by atoms with E-state index in [1.54, 1.807) is 6.92 Å². The first-order chi connectivity index (χ1) is 7.93. The molecule has 0 radical (unpaired) electrons. The number of aromatic nitrogens is 1. The molecule has 0 saturated carbocycles. The molecule has 17 heavy (non-hydrogen) atoms. The highest BCUT2D eigenvalue weighted by atomic mass is 35.5. The molecule has 0 fully saturated rings. The molecule has 0 aliphatic rings. The van der Waals surface area contributed by atoms with Crippen LogP contribution in [-0.4, -0.2) is 16.1 Å². The molecule has 1 heterocycles. The molecule has 0 aliphatic heterocycles. The molecule has 6 heteroatoms. The number of carboxylic acids is 1. The molecule has 2 N–H and O–H groups in total. The number of carboxylic acid groups (broad SMARTS) is 1. The van der Waals surface area contributed by atoms with Gasteiger partial charge < -0.3 is 10.1 Å². The molecule has 0 amide bonds. The maximum absolute atomic E-state index is 13.4. The standard InChI is InChI=1S/C11H7ClFNO3/c1-4-8(12)7(13)2-5-9(4)14-3-6(10(5)15)11(16)17/h2-3H,1H3,(H,14,15)(H,16,17). The summed E-state index contributed by atoms with van der Waals surface area (Å²) < 4.78 is 13.4. The van der Waals surface area contributed by atoms with Gasteiger partial charge in [-0.1, -0.05) is 11.6 Å². The summed E-state index contributed by atoms with van der Waals surface area (Å²) in [6, 6.07) is 0.940. The Labute approximate surface area is 99.6 Å². The number of aromatic carboxylic acids is 1. The van der Waals surface area contributed by atoms with Gasteiger partial charge in [0, 0.05) is 11.6 Å². The molecule has 2 aromatic rings. The number of benzene rings is 1. The number of hydrogen-bond donors (Lipinski definition) is 2. The van der Waals surface area contributed by atoms with Crippen molar-refractivity contribution in [2.45, 2.75) is 6.92 Å². The Morgan fingerprint density at radius 2 is 2.18 bits per heavy atom. The molecule has 0 atom stereocenters. The number of hydrogen-bond acceptors (Lipinski definition) is 2. The van der Waals surface area contributed by atoms with Crippen molar-refractivity contribution in [1.82, 2.24) is 4.98 Å². The van der Waals surface area contributed by atoms with Crippen molar-refractivity contribution in [3.8, 4) is 0 Å². The zero-order chi connectivity index (χ0) is 12.7. The highest BCUT2D eigenvalue weighted by molar-refractivity contribution is 6.32. The zero-order valence-corrected chi connectivity index (χ0v) is 9.43. The lowest BCUT2D eigenvalue weighted by Gasteiger charge is -2.06. The fourth-order valence-electron chi connectivity index (χ4n) is 1.63. The number of H-pyrrole nitrogens is 1. The smallest absolute Gasteiger partial charge is 0.341 e. The van der Waals surface area contributed by atoms with Gasteiger partial charge in [0.15, 0.2) is 0 Å². The summed E-state index contributed by atoms with van der Waals surface area (Å²) in [6.07, 6.45) is 1.08. The summed E-state index contributed by atoms with van der Waals surface area (Å²) in [4.78, 5) is 25.2. The van der Waals surface area contributed by atoms with Crippen molar-refractivity contribution >= 4 is 28.5 Å². The molecule has 0 saturated heterocycles. The fourth-order valence-corrected chi connectivity index (χ4v) is 1.78. The monoisotopic (exact) mass is 255 g/mol. The number of halogens is 2. The van der Waals surface area contributed by atoms with Crippen molar-refractivity contribution in [2.75, 3.05) is 0 Å². The first-order valence-electron chi connectivity index (χ1n) is 4.66. The van der Waals surface area contributed by atoms with E-state index in [4.69, 9.17) is 16.7 Å². The lowest BCUT2D eigenvalue weighted by Crippen LogP contribution is -2.16. The minimum absolute atomic E-state index is 0.0238. The quantitative estimate of drug-likeness (QED) is 0.822. The van der Waals surface area contributed by atoms with Gasteiger partial charge in [0.2, 0.25) is 5.43 Å². The van der Waals surface area contributed by atoms with E-state index in [0.717, 1.165) is 12.3 Å². The molecule has 0 unspecified atom stereocenters. The Balaban J connectivity index is 2.98. The summed E-state index contributed by atoms with van der Waals surface area (Å²) in [6.45, 7) is 1.55. The number of fused-ring (bicyclic) bond motifs is 1. The van der Waals surface area contributed by atoms with Crippen LogP contribution in [0.25, 0.3) is 10.9 Å². The van der Waals surface area contributed by atoms with E-state index in [2.05, 4.69) is 4.98 Å². The minimum atomic E-state index is -1.36. The van der Waals surface area contributed by atoms with Gasteiger partial charge in [0.25, 0.3) is 0 Å². The summed E-state index contributed by atoms with van der Waals surface area (Å²) in [7, 11) is 0. The van der Waals surface area contributed by atoms with Gasteiger partial charge in [-0.05, 0) is 18.6 Å². The number of aryl methyl sites for hydroxylation is 1. The normalized spacial score (nSPS) is 10.8. The van der Waals surface area contributed by atoms with Gasteiger partial charge in [-0.2, -0.15) is 0 Å². The summed E-state index contributed by atoms with van der Waals surface area (Å²) in [5, 5.41) is 8.67. The van der Waals surface area contributed by atoms with E-state index in [1.807, 2.05) is 0 Å². The molecule has 1 aromatic heterocycles. The van der Waals surface area contributed by atoms with Crippen LogP contribution in [0.15, 0.2) is 17.1 Å². The summed E-state index contributed by atoms with van der Waals surface area (Å²) in [5.74, 6) is -2.11. The summed E-state index contributed by atoms with van der Waals surface area (Å²) >= 11 is 5.70. The van der Waals surface area contributed by atoms with Crippen LogP contribution in [0, 0.1) is 12.7 Å². The second kappa shape index (κ2) is 3.85. The molecule has 0 spiro atoms. The SMILES string of the molecule is Cc1c(Cl)c(F)cc2c(=O)c(C(=O)O)c[nH]c12. The predicted molar refractivity (Wildman–Crippen MR) is 61.2 cm³/mol. The molecule has 2 rings (SSSR count). The van der Waals surface area contributed by atoms with E-state index in [0.29, 0.717) is 11.1 Å². The van der Waals surface area contributed by atoms with Crippen molar-refractivity contribution < 1.29 is 14.3 Å². The molecule has 1 aromatic carbocycles. The molecule has 0 bridgehead atoms. The zero-order valence-electron chi connectivity index (χ0n) is 8.67. The number of carbonyl (C=O) groups is 1. The van der Waals surface area contributed by atoms with Crippen molar-refractivity contribution in [2.24, 2.45) is 0 Å². The van der Waals surface area contributed by atoms with Crippen LogP contribution in [0.4, 0.5) is 4.39 Å². The Hall–Kier alpha value is -1.88. The van der Waals surface area contributed by atoms with Crippen LogP contribution in [-0.2, 0) is 0 Å². The van der Waals surface area contributed by atoms with Crippen molar-refractivity contribution in [1.29, 1.82) is 0 Å². The van der Waals surface area contributed by atoms with Crippen LogP contribution < -0.4 is 5.43 Å². The average Bonchev–Trinajstić information content (AvgIpc) is 2.27. The largest absolute Gasteiger partial charge is 0.477 e. The third-order valence-corrected chi connectivity index (χ3v) is 3.00. The van der Waals surface area contributed by atoms with Gasteiger partial charge in [-0.15, -0.1) is 0 Å². The van der Waals surface area contributed by atoms with Gasteiger partial charge in [0.1, 0.15) is 11.4 Å². The second-order valence-electron chi connectivity index (χ2n) is 3.56. The molecule has 88 valence electrons. The van der Waals surface area contributed by atoms with Gasteiger partial charge in [-0.25, -0.2) is 9.18 Å². The lowest BCUT2D eigenvalue weighted by atomic mass is 10.1. The highest BCUT2D eigenvalue weighted by Gasteiger charge is 2.15. The number of pyridine rings is 1. The number of rotatable bonds is 1. The van der Waals surface area contributed by atoms with Crippen molar-refractivity contribution in [3.63, 3.8) is 0 Å². The van der Waals surface area contributed by atoms with E-state index in [-0.39, 0.29) is 10.4 Å². The Bertz CT molecular complexity index is 693. The third kappa shape index (κ3) is 1.68. The maximum Gasteiger partial charge on any atom is 0.341 e. The van der Waals surface area contributed by atoms with Crippen LogP contribution in [0.5, 0.6) is 0 Å². The van der Waals surface area contributed by atoms with Gasteiger partial charge in [0.05, 0.1) is 10.5 Å². The van der Waals surface area contributed by atoms with Crippen molar-refractivity contribution in [3.05, 3.63) is 44.5 Å².